The third-order valence-electron chi connectivity index (χ3n) is 9.43. The quantitative estimate of drug-likeness (QED) is 0.338. The van der Waals surface area contributed by atoms with E-state index in [1.165, 1.54) is 51.4 Å². The molecular formula is C32H46P2. The van der Waals surface area contributed by atoms with Crippen molar-refractivity contribution in [2.24, 2.45) is 11.8 Å². The highest BCUT2D eigenvalue weighted by Crippen LogP contribution is 2.65. The lowest BCUT2D eigenvalue weighted by Crippen LogP contribution is -2.36. The molecule has 0 heterocycles. The molecule has 0 spiro atoms. The first-order valence-electron chi connectivity index (χ1n) is 14.4. The van der Waals surface area contributed by atoms with Crippen molar-refractivity contribution in [2.75, 3.05) is 0 Å². The molecule has 0 N–H and O–H groups in total. The van der Waals surface area contributed by atoms with Gasteiger partial charge in [0.15, 0.2) is 0 Å². The number of hydrogen-bond acceptors (Lipinski definition) is 0. The predicted octanol–water partition coefficient (Wildman–Crippen LogP) is 9.07. The Morgan fingerprint density at radius 3 is 1.56 bits per heavy atom. The standard InChI is InChI=1S/C32H46P2/c1-25-23-24-31(26(2)33(27-15-7-3-8-16-27)28-17-9-4-10-18-28)32(25)34(29-19-11-5-12-20-29)30-21-13-6-14-22-30/h5-6,11-14,19-22,25-28,31-32H,3-4,7-10,15-18,23-24H2,1-2H3/t25?,26-,31?,32?/m0/s1. The van der Waals surface area contributed by atoms with Crippen LogP contribution in [0.15, 0.2) is 60.7 Å². The minimum absolute atomic E-state index is 0.133. The minimum Gasteiger partial charge on any atom is -0.0971 e. The van der Waals surface area contributed by atoms with Gasteiger partial charge < -0.3 is 0 Å². The van der Waals surface area contributed by atoms with Crippen LogP contribution in [0.3, 0.4) is 0 Å². The van der Waals surface area contributed by atoms with E-state index in [-0.39, 0.29) is 15.8 Å². The Hall–Kier alpha value is -0.700. The molecule has 34 heavy (non-hydrogen) atoms. The molecule has 0 aliphatic heterocycles. The Kier molecular flexibility index (Phi) is 8.83. The van der Waals surface area contributed by atoms with Crippen molar-refractivity contribution < 1.29 is 0 Å². The fourth-order valence-electron chi connectivity index (χ4n) is 7.80. The zero-order valence-electron chi connectivity index (χ0n) is 21.6. The summed E-state index contributed by atoms with van der Waals surface area (Å²) in [5, 5.41) is 3.22. The van der Waals surface area contributed by atoms with E-state index in [0.29, 0.717) is 0 Å². The topological polar surface area (TPSA) is 0 Å². The van der Waals surface area contributed by atoms with Crippen molar-refractivity contribution in [1.29, 1.82) is 0 Å². The first kappa shape index (κ1) is 25.0. The van der Waals surface area contributed by atoms with Gasteiger partial charge in [-0.3, -0.25) is 0 Å². The van der Waals surface area contributed by atoms with Crippen LogP contribution < -0.4 is 10.6 Å². The van der Waals surface area contributed by atoms with Crippen LogP contribution in [0.4, 0.5) is 0 Å². The molecule has 2 aromatic carbocycles. The van der Waals surface area contributed by atoms with Gasteiger partial charge >= 0.3 is 0 Å². The lowest BCUT2D eigenvalue weighted by atomic mass is 9.99. The summed E-state index contributed by atoms with van der Waals surface area (Å²) in [4.78, 5) is 0. The molecule has 184 valence electrons. The summed E-state index contributed by atoms with van der Waals surface area (Å²) >= 11 is 0. The van der Waals surface area contributed by atoms with Crippen molar-refractivity contribution in [1.82, 2.24) is 0 Å². The lowest BCUT2D eigenvalue weighted by Gasteiger charge is -2.46. The highest BCUT2D eigenvalue weighted by molar-refractivity contribution is 7.73. The monoisotopic (exact) mass is 492 g/mol. The van der Waals surface area contributed by atoms with Crippen LogP contribution in [0.25, 0.3) is 0 Å². The molecule has 2 aromatic rings. The average Bonchev–Trinajstić information content (AvgIpc) is 3.28. The Morgan fingerprint density at radius 1 is 0.618 bits per heavy atom. The molecule has 2 heteroatoms. The maximum Gasteiger partial charge on any atom is -0.00688 e. The van der Waals surface area contributed by atoms with Crippen LogP contribution in [0.1, 0.15) is 90.9 Å². The van der Waals surface area contributed by atoms with Gasteiger partial charge in [0.2, 0.25) is 0 Å². The fourth-order valence-corrected chi connectivity index (χ4v) is 16.0. The van der Waals surface area contributed by atoms with Gasteiger partial charge in [0, 0.05) is 0 Å². The molecule has 0 saturated heterocycles. The van der Waals surface area contributed by atoms with Gasteiger partial charge in [-0.25, -0.2) is 0 Å². The summed E-state index contributed by atoms with van der Waals surface area (Å²) in [5.41, 5.74) is 3.91. The molecule has 5 rings (SSSR count). The zero-order chi connectivity index (χ0) is 23.3. The van der Waals surface area contributed by atoms with E-state index >= 15 is 0 Å². The Balaban J connectivity index is 1.49. The van der Waals surface area contributed by atoms with Gasteiger partial charge in [0.25, 0.3) is 0 Å². The van der Waals surface area contributed by atoms with Crippen molar-refractivity contribution >= 4 is 26.5 Å². The summed E-state index contributed by atoms with van der Waals surface area (Å²) < 4.78 is 0. The maximum atomic E-state index is 2.76. The van der Waals surface area contributed by atoms with Crippen molar-refractivity contribution in [3.05, 3.63) is 60.7 Å². The van der Waals surface area contributed by atoms with E-state index in [1.807, 2.05) is 0 Å². The van der Waals surface area contributed by atoms with Crippen LogP contribution in [0.5, 0.6) is 0 Å². The Bertz CT molecular complexity index is 796. The molecule has 3 aliphatic rings. The second-order valence-electron chi connectivity index (χ2n) is 11.5. The first-order valence-corrected chi connectivity index (χ1v) is 17.4. The van der Waals surface area contributed by atoms with E-state index in [0.717, 1.165) is 34.5 Å². The summed E-state index contributed by atoms with van der Waals surface area (Å²) in [6.07, 6.45) is 18.1. The number of benzene rings is 2. The Morgan fingerprint density at radius 2 is 1.09 bits per heavy atom. The summed E-state index contributed by atoms with van der Waals surface area (Å²) in [5.74, 6) is 1.75. The van der Waals surface area contributed by atoms with Crippen LogP contribution in [0.2, 0.25) is 0 Å². The third-order valence-corrected chi connectivity index (χ3v) is 16.7. The van der Waals surface area contributed by atoms with Gasteiger partial charge in [0.05, 0.1) is 0 Å². The molecule has 4 atom stereocenters. The van der Waals surface area contributed by atoms with Crippen molar-refractivity contribution in [3.8, 4) is 0 Å². The molecule has 0 radical (unpaired) electrons. The van der Waals surface area contributed by atoms with Gasteiger partial charge in [-0.2, -0.15) is 0 Å². The second kappa shape index (κ2) is 12.0. The van der Waals surface area contributed by atoms with Crippen LogP contribution in [0, 0.1) is 11.8 Å². The first-order chi connectivity index (χ1) is 16.7. The molecule has 3 aliphatic carbocycles. The molecule has 0 bridgehead atoms. The minimum atomic E-state index is -0.312. The highest BCUT2D eigenvalue weighted by Gasteiger charge is 2.46. The SMILES string of the molecule is CC1CCC([C@H](C)P(C2CCCCC2)C2CCCCC2)C1P(c1ccccc1)c1ccccc1. The van der Waals surface area contributed by atoms with Crippen molar-refractivity contribution in [2.45, 2.75) is 114 Å². The molecule has 0 amide bonds. The lowest BCUT2D eigenvalue weighted by molar-refractivity contribution is 0.463. The molecule has 0 aromatic heterocycles. The van der Waals surface area contributed by atoms with Gasteiger partial charge in [0.1, 0.15) is 0 Å². The third kappa shape index (κ3) is 5.50. The molecule has 3 fully saturated rings. The largest absolute Gasteiger partial charge is 0.0971 e. The van der Waals surface area contributed by atoms with E-state index in [4.69, 9.17) is 0 Å². The van der Waals surface area contributed by atoms with Crippen LogP contribution in [-0.2, 0) is 0 Å². The zero-order valence-corrected chi connectivity index (χ0v) is 23.4. The van der Waals surface area contributed by atoms with Gasteiger partial charge in [-0.15, -0.1) is 0 Å². The number of rotatable bonds is 7. The van der Waals surface area contributed by atoms with Crippen LogP contribution in [-0.4, -0.2) is 22.6 Å². The Labute approximate surface area is 212 Å². The molecular weight excluding hydrogens is 446 g/mol. The second-order valence-corrected chi connectivity index (χ2v) is 17.1. The summed E-state index contributed by atoms with van der Waals surface area (Å²) in [6.45, 7) is 5.36. The van der Waals surface area contributed by atoms with Gasteiger partial charge in [-0.05, 0) is 91.5 Å². The average molecular weight is 493 g/mol. The van der Waals surface area contributed by atoms with Gasteiger partial charge in [-0.1, -0.05) is 121 Å². The predicted molar refractivity (Wildman–Crippen MR) is 155 cm³/mol. The summed E-state index contributed by atoms with van der Waals surface area (Å²) in [6, 6.07) is 23.3. The number of hydrogen-bond donors (Lipinski definition) is 0. The van der Waals surface area contributed by atoms with Crippen LogP contribution >= 0.6 is 15.8 Å². The van der Waals surface area contributed by atoms with Crippen molar-refractivity contribution in [3.63, 3.8) is 0 Å². The highest BCUT2D eigenvalue weighted by atomic mass is 31.1. The molecule has 3 saturated carbocycles. The summed E-state index contributed by atoms with van der Waals surface area (Å²) in [7, 11) is -0.179. The van der Waals surface area contributed by atoms with E-state index in [2.05, 4.69) is 74.5 Å². The van der Waals surface area contributed by atoms with E-state index < -0.39 is 0 Å². The van der Waals surface area contributed by atoms with E-state index in [9.17, 15) is 0 Å². The maximum absolute atomic E-state index is 2.76. The smallest absolute Gasteiger partial charge is 0.00688 e. The normalized spacial score (nSPS) is 27.9. The molecule has 0 nitrogen and oxygen atoms in total. The fraction of sp³-hybridized carbons (Fsp3) is 0.625. The van der Waals surface area contributed by atoms with E-state index in [1.54, 1.807) is 36.3 Å². The molecule has 3 unspecified atom stereocenters.